The molecule has 1 aromatic rings. The highest BCUT2D eigenvalue weighted by molar-refractivity contribution is 5.28. The van der Waals surface area contributed by atoms with E-state index in [-0.39, 0.29) is 18.2 Å². The molecule has 1 unspecified atom stereocenters. The van der Waals surface area contributed by atoms with Gasteiger partial charge in [0.05, 0.1) is 6.04 Å². The minimum Gasteiger partial charge on any atom is -1.00 e. The topological polar surface area (TPSA) is 57.1 Å². The molecule has 0 amide bonds. The van der Waals surface area contributed by atoms with Gasteiger partial charge in [0, 0.05) is 0 Å². The van der Waals surface area contributed by atoms with E-state index in [1.807, 2.05) is 6.07 Å². The maximum absolute atomic E-state index is 9.75. The molecule has 0 spiro atoms. The summed E-state index contributed by atoms with van der Waals surface area (Å²) < 4.78 is 0. The van der Waals surface area contributed by atoms with Crippen molar-refractivity contribution in [2.75, 3.05) is 6.54 Å². The summed E-state index contributed by atoms with van der Waals surface area (Å²) in [6, 6.07) is 7.23. The molecule has 4 heteroatoms. The monoisotopic (exact) mass is 231 g/mol. The van der Waals surface area contributed by atoms with Gasteiger partial charge in [0.1, 0.15) is 18.4 Å². The summed E-state index contributed by atoms with van der Waals surface area (Å²) in [5.74, 6) is 0.200. The van der Waals surface area contributed by atoms with Crippen LogP contribution < -0.4 is 17.7 Å². The van der Waals surface area contributed by atoms with Crippen molar-refractivity contribution in [3.8, 4) is 5.75 Å². The van der Waals surface area contributed by atoms with Crippen molar-refractivity contribution in [2.45, 2.75) is 26.0 Å². The Morgan fingerprint density at radius 3 is 2.53 bits per heavy atom. The molecule has 0 saturated carbocycles. The molecule has 4 N–H and O–H groups in total. The van der Waals surface area contributed by atoms with Crippen LogP contribution in [0.25, 0.3) is 0 Å². The van der Waals surface area contributed by atoms with Gasteiger partial charge >= 0.3 is 0 Å². The standard InChI is InChI=1S/C11H17NO2.ClH/c1-8(2)12-7-11(14)9-4-3-5-10(13)6-9;/h3-6,8,11-14H,7H2,1-2H3;1H. The highest BCUT2D eigenvalue weighted by Gasteiger charge is 2.10. The van der Waals surface area contributed by atoms with E-state index in [4.69, 9.17) is 0 Å². The number of halogens is 1. The number of quaternary nitrogens is 1. The van der Waals surface area contributed by atoms with Crippen LogP contribution in [0.3, 0.4) is 0 Å². The van der Waals surface area contributed by atoms with E-state index in [0.717, 1.165) is 5.56 Å². The molecule has 3 nitrogen and oxygen atoms in total. The lowest BCUT2D eigenvalue weighted by atomic mass is 10.1. The molecule has 1 rings (SSSR count). The molecular formula is C11H18ClNO2. The number of rotatable bonds is 4. The number of nitrogens with two attached hydrogens (primary N) is 1. The molecule has 1 atom stereocenters. The smallest absolute Gasteiger partial charge is 0.128 e. The molecule has 0 aliphatic carbocycles. The van der Waals surface area contributed by atoms with Gasteiger partial charge < -0.3 is 27.9 Å². The molecule has 0 bridgehead atoms. The van der Waals surface area contributed by atoms with E-state index in [9.17, 15) is 10.2 Å². The van der Waals surface area contributed by atoms with Crippen molar-refractivity contribution in [3.05, 3.63) is 29.8 Å². The van der Waals surface area contributed by atoms with Gasteiger partial charge in [-0.25, -0.2) is 0 Å². The summed E-state index contributed by atoms with van der Waals surface area (Å²) in [6.45, 7) is 4.78. The van der Waals surface area contributed by atoms with Crippen molar-refractivity contribution < 1.29 is 27.9 Å². The number of aromatic hydroxyl groups is 1. The number of aliphatic hydroxyl groups is 1. The summed E-state index contributed by atoms with van der Waals surface area (Å²) in [4.78, 5) is 0. The van der Waals surface area contributed by atoms with Gasteiger partial charge in [-0.15, -0.1) is 0 Å². The number of aliphatic hydroxyl groups excluding tert-OH is 1. The van der Waals surface area contributed by atoms with Crippen molar-refractivity contribution >= 4 is 0 Å². The fourth-order valence-electron chi connectivity index (χ4n) is 1.27. The van der Waals surface area contributed by atoms with E-state index in [0.29, 0.717) is 12.6 Å². The number of hydrogen-bond acceptors (Lipinski definition) is 2. The molecular weight excluding hydrogens is 214 g/mol. The van der Waals surface area contributed by atoms with Crippen LogP contribution in [-0.2, 0) is 0 Å². The van der Waals surface area contributed by atoms with Crippen LogP contribution in [0.5, 0.6) is 5.75 Å². The quantitative estimate of drug-likeness (QED) is 0.533. The van der Waals surface area contributed by atoms with E-state index in [1.165, 1.54) is 0 Å². The Kier molecular flexibility index (Phi) is 6.32. The molecule has 15 heavy (non-hydrogen) atoms. The second-order valence-electron chi connectivity index (χ2n) is 3.83. The highest BCUT2D eigenvalue weighted by Crippen LogP contribution is 2.16. The Labute approximate surface area is 96.5 Å². The van der Waals surface area contributed by atoms with E-state index in [2.05, 4.69) is 19.2 Å². The Balaban J connectivity index is 0.00000196. The van der Waals surface area contributed by atoms with E-state index >= 15 is 0 Å². The maximum Gasteiger partial charge on any atom is 0.128 e. The summed E-state index contributed by atoms with van der Waals surface area (Å²) in [6.07, 6.45) is -0.510. The number of phenolic OH excluding ortho intramolecular Hbond substituents is 1. The minimum atomic E-state index is -0.510. The third-order valence-electron chi connectivity index (χ3n) is 2.09. The zero-order valence-corrected chi connectivity index (χ0v) is 9.78. The molecule has 1 aromatic carbocycles. The first-order valence-electron chi connectivity index (χ1n) is 4.90. The molecule has 0 heterocycles. The van der Waals surface area contributed by atoms with Crippen molar-refractivity contribution in [2.24, 2.45) is 0 Å². The fraction of sp³-hybridized carbons (Fsp3) is 0.455. The molecule has 0 radical (unpaired) electrons. The van der Waals surface area contributed by atoms with Crippen molar-refractivity contribution in [1.29, 1.82) is 0 Å². The van der Waals surface area contributed by atoms with Crippen LogP contribution in [-0.4, -0.2) is 22.8 Å². The maximum atomic E-state index is 9.75. The third-order valence-corrected chi connectivity index (χ3v) is 2.09. The lowest BCUT2D eigenvalue weighted by Crippen LogP contribution is -3.00. The van der Waals surface area contributed by atoms with Crippen LogP contribution in [0, 0.1) is 0 Å². The summed E-state index contributed by atoms with van der Waals surface area (Å²) in [7, 11) is 0. The second-order valence-corrected chi connectivity index (χ2v) is 3.83. The normalized spacial score (nSPS) is 12.3. The Morgan fingerprint density at radius 2 is 2.00 bits per heavy atom. The SMILES string of the molecule is CC(C)[NH2+]CC(O)c1cccc(O)c1.[Cl-]. The number of benzene rings is 1. The molecule has 0 fully saturated rings. The van der Waals surface area contributed by atoms with Crippen LogP contribution in [0.2, 0.25) is 0 Å². The average Bonchev–Trinajstić information content (AvgIpc) is 2.14. The first-order chi connectivity index (χ1) is 6.59. The van der Waals surface area contributed by atoms with E-state index in [1.54, 1.807) is 18.2 Å². The summed E-state index contributed by atoms with van der Waals surface area (Å²) in [5.41, 5.74) is 0.766. The van der Waals surface area contributed by atoms with Gasteiger partial charge in [-0.3, -0.25) is 0 Å². The molecule has 0 aliphatic heterocycles. The first kappa shape index (κ1) is 14.2. The zero-order chi connectivity index (χ0) is 10.6. The Bertz CT molecular complexity index is 292. The fourth-order valence-corrected chi connectivity index (χ4v) is 1.27. The number of phenols is 1. The lowest BCUT2D eigenvalue weighted by Gasteiger charge is -2.11. The van der Waals surface area contributed by atoms with Crippen molar-refractivity contribution in [1.82, 2.24) is 0 Å². The third kappa shape index (κ3) is 5.02. The van der Waals surface area contributed by atoms with Gasteiger partial charge in [0.2, 0.25) is 0 Å². The predicted molar refractivity (Wildman–Crippen MR) is 55.0 cm³/mol. The van der Waals surface area contributed by atoms with Gasteiger partial charge in [-0.1, -0.05) is 12.1 Å². The molecule has 0 saturated heterocycles. The van der Waals surface area contributed by atoms with E-state index < -0.39 is 6.10 Å². The summed E-state index contributed by atoms with van der Waals surface area (Å²) in [5, 5.41) is 21.0. The number of hydrogen-bond donors (Lipinski definition) is 3. The second kappa shape index (κ2) is 6.67. The summed E-state index contributed by atoms with van der Waals surface area (Å²) >= 11 is 0. The molecule has 0 aliphatic rings. The molecule has 0 aromatic heterocycles. The highest BCUT2D eigenvalue weighted by atomic mass is 35.5. The first-order valence-corrected chi connectivity index (χ1v) is 4.90. The van der Waals surface area contributed by atoms with Gasteiger partial charge in [0.25, 0.3) is 0 Å². The van der Waals surface area contributed by atoms with Crippen molar-refractivity contribution in [3.63, 3.8) is 0 Å². The lowest BCUT2D eigenvalue weighted by molar-refractivity contribution is -0.689. The van der Waals surface area contributed by atoms with Gasteiger partial charge in [-0.2, -0.15) is 0 Å². The minimum absolute atomic E-state index is 0. The molecule has 86 valence electrons. The van der Waals surface area contributed by atoms with Crippen LogP contribution in [0.15, 0.2) is 24.3 Å². The Morgan fingerprint density at radius 1 is 1.33 bits per heavy atom. The zero-order valence-electron chi connectivity index (χ0n) is 9.02. The largest absolute Gasteiger partial charge is 1.00 e. The van der Waals surface area contributed by atoms with Crippen LogP contribution in [0.1, 0.15) is 25.5 Å². The van der Waals surface area contributed by atoms with Gasteiger partial charge in [0.15, 0.2) is 0 Å². The van der Waals surface area contributed by atoms with Crippen LogP contribution >= 0.6 is 0 Å². The average molecular weight is 232 g/mol. The predicted octanol–water partition coefficient (Wildman–Crippen LogP) is -2.60. The van der Waals surface area contributed by atoms with Gasteiger partial charge in [-0.05, 0) is 31.5 Å². The Hall–Kier alpha value is -0.770. The van der Waals surface area contributed by atoms with Crippen LogP contribution in [0.4, 0.5) is 0 Å².